The van der Waals surface area contributed by atoms with Gasteiger partial charge in [-0.25, -0.2) is 0 Å². The molecule has 1 saturated heterocycles. The van der Waals surface area contributed by atoms with Crippen molar-refractivity contribution in [1.29, 1.82) is 0 Å². The van der Waals surface area contributed by atoms with E-state index in [1.54, 1.807) is 25.1 Å². The minimum Gasteiger partial charge on any atom is -0.481 e. The second kappa shape index (κ2) is 6.68. The van der Waals surface area contributed by atoms with E-state index in [9.17, 15) is 4.79 Å². The van der Waals surface area contributed by atoms with E-state index in [-0.39, 0.29) is 5.91 Å². The van der Waals surface area contributed by atoms with Gasteiger partial charge in [0, 0.05) is 19.2 Å². The van der Waals surface area contributed by atoms with Gasteiger partial charge in [-0.15, -0.1) is 0 Å². The summed E-state index contributed by atoms with van der Waals surface area (Å²) < 4.78 is 5.67. The number of benzene rings is 1. The number of nitrogens with zero attached hydrogens (tertiary/aromatic N) is 1. The van der Waals surface area contributed by atoms with Crippen molar-refractivity contribution in [1.82, 2.24) is 4.90 Å². The first-order chi connectivity index (χ1) is 9.47. The van der Waals surface area contributed by atoms with Crippen LogP contribution in [0.4, 0.5) is 0 Å². The predicted octanol–water partition coefficient (Wildman–Crippen LogP) is 4.02. The minimum atomic E-state index is -0.516. The van der Waals surface area contributed by atoms with Crippen LogP contribution in [0, 0.1) is 5.92 Å². The van der Waals surface area contributed by atoms with Gasteiger partial charge in [0.15, 0.2) is 6.10 Å². The van der Waals surface area contributed by atoms with Crippen molar-refractivity contribution in [3.05, 3.63) is 28.2 Å². The lowest BCUT2D eigenvalue weighted by Crippen LogP contribution is -2.45. The SMILES string of the molecule is CC1CCCN(C(=O)C(C)Oc2ccc(Cl)c(Cl)c2)C1. The van der Waals surface area contributed by atoms with Crippen LogP contribution in [0.2, 0.25) is 10.0 Å². The van der Waals surface area contributed by atoms with Crippen LogP contribution in [0.3, 0.4) is 0 Å². The summed E-state index contributed by atoms with van der Waals surface area (Å²) in [4.78, 5) is 14.2. The molecule has 0 bridgehead atoms. The summed E-state index contributed by atoms with van der Waals surface area (Å²) in [7, 11) is 0. The number of hydrogen-bond donors (Lipinski definition) is 0. The Labute approximate surface area is 129 Å². The molecule has 2 atom stereocenters. The first-order valence-electron chi connectivity index (χ1n) is 6.88. The van der Waals surface area contributed by atoms with E-state index in [2.05, 4.69) is 6.92 Å². The molecule has 1 aromatic rings. The van der Waals surface area contributed by atoms with Gasteiger partial charge in [-0.1, -0.05) is 30.1 Å². The zero-order chi connectivity index (χ0) is 14.7. The molecule has 1 heterocycles. The molecule has 20 heavy (non-hydrogen) atoms. The van der Waals surface area contributed by atoms with Crippen LogP contribution in [0.5, 0.6) is 5.75 Å². The molecule has 1 aliphatic rings. The topological polar surface area (TPSA) is 29.5 Å². The summed E-state index contributed by atoms with van der Waals surface area (Å²) in [6, 6.07) is 5.02. The van der Waals surface area contributed by atoms with E-state index < -0.39 is 6.10 Å². The lowest BCUT2D eigenvalue weighted by Gasteiger charge is -2.32. The number of rotatable bonds is 3. The third kappa shape index (κ3) is 3.80. The first kappa shape index (κ1) is 15.5. The van der Waals surface area contributed by atoms with Crippen molar-refractivity contribution in [3.8, 4) is 5.75 Å². The summed E-state index contributed by atoms with van der Waals surface area (Å²) in [6.45, 7) is 5.57. The molecule has 1 amide bonds. The molecule has 1 fully saturated rings. The Bertz CT molecular complexity index is 493. The highest BCUT2D eigenvalue weighted by atomic mass is 35.5. The van der Waals surface area contributed by atoms with Gasteiger partial charge in [-0.3, -0.25) is 4.79 Å². The maximum Gasteiger partial charge on any atom is 0.263 e. The molecule has 0 N–H and O–H groups in total. The molecule has 2 unspecified atom stereocenters. The molecule has 0 aliphatic carbocycles. The van der Waals surface area contributed by atoms with Gasteiger partial charge >= 0.3 is 0 Å². The molecule has 110 valence electrons. The maximum absolute atomic E-state index is 12.3. The second-order valence-electron chi connectivity index (χ2n) is 5.37. The van der Waals surface area contributed by atoms with E-state index in [1.165, 1.54) is 6.42 Å². The number of amides is 1. The standard InChI is InChI=1S/C15H19Cl2NO2/c1-10-4-3-7-18(9-10)15(19)11(2)20-12-5-6-13(16)14(17)8-12/h5-6,8,10-11H,3-4,7,9H2,1-2H3. The molecular formula is C15H19Cl2NO2. The Hall–Kier alpha value is -0.930. The average Bonchev–Trinajstić information content (AvgIpc) is 2.42. The monoisotopic (exact) mass is 315 g/mol. The smallest absolute Gasteiger partial charge is 0.263 e. The van der Waals surface area contributed by atoms with Crippen molar-refractivity contribution in [2.75, 3.05) is 13.1 Å². The fourth-order valence-electron chi connectivity index (χ4n) is 2.45. The van der Waals surface area contributed by atoms with E-state index in [0.717, 1.165) is 19.5 Å². The Kier molecular flexibility index (Phi) is 5.17. The number of likely N-dealkylation sites (tertiary alicyclic amines) is 1. The quantitative estimate of drug-likeness (QED) is 0.843. The molecule has 1 aromatic carbocycles. The Balaban J connectivity index is 1.98. The van der Waals surface area contributed by atoms with Crippen LogP contribution in [-0.2, 0) is 4.79 Å². The van der Waals surface area contributed by atoms with Gasteiger partial charge in [0.2, 0.25) is 0 Å². The molecule has 0 saturated carbocycles. The summed E-state index contributed by atoms with van der Waals surface area (Å²) in [5.41, 5.74) is 0. The normalized spacial score (nSPS) is 20.6. The van der Waals surface area contributed by atoms with Gasteiger partial charge in [-0.05, 0) is 37.8 Å². The summed E-state index contributed by atoms with van der Waals surface area (Å²) in [5, 5.41) is 0.901. The number of carbonyl (C=O) groups is 1. The van der Waals surface area contributed by atoms with Gasteiger partial charge < -0.3 is 9.64 Å². The van der Waals surface area contributed by atoms with Crippen molar-refractivity contribution < 1.29 is 9.53 Å². The Morgan fingerprint density at radius 2 is 2.15 bits per heavy atom. The molecule has 0 radical (unpaired) electrons. The summed E-state index contributed by atoms with van der Waals surface area (Å²) in [5.74, 6) is 1.15. The molecule has 1 aliphatic heterocycles. The molecule has 5 heteroatoms. The first-order valence-corrected chi connectivity index (χ1v) is 7.63. The molecule has 0 spiro atoms. The van der Waals surface area contributed by atoms with E-state index in [4.69, 9.17) is 27.9 Å². The summed E-state index contributed by atoms with van der Waals surface area (Å²) in [6.07, 6.45) is 1.73. The van der Waals surface area contributed by atoms with Gasteiger partial charge in [0.1, 0.15) is 5.75 Å². The van der Waals surface area contributed by atoms with E-state index in [1.807, 2.05) is 4.90 Å². The van der Waals surface area contributed by atoms with E-state index >= 15 is 0 Å². The van der Waals surface area contributed by atoms with Crippen LogP contribution < -0.4 is 4.74 Å². The number of halogens is 2. The van der Waals surface area contributed by atoms with Crippen LogP contribution in [0.15, 0.2) is 18.2 Å². The fourth-order valence-corrected chi connectivity index (χ4v) is 2.74. The minimum absolute atomic E-state index is 0.0302. The van der Waals surface area contributed by atoms with Gasteiger partial charge in [0.05, 0.1) is 10.0 Å². The van der Waals surface area contributed by atoms with Crippen LogP contribution in [0.25, 0.3) is 0 Å². The van der Waals surface area contributed by atoms with Crippen molar-refractivity contribution >= 4 is 29.1 Å². The third-order valence-electron chi connectivity index (χ3n) is 3.52. The fraction of sp³-hybridized carbons (Fsp3) is 0.533. The predicted molar refractivity (Wildman–Crippen MR) is 81.5 cm³/mol. The Morgan fingerprint density at radius 3 is 2.80 bits per heavy atom. The maximum atomic E-state index is 12.3. The highest BCUT2D eigenvalue weighted by molar-refractivity contribution is 6.42. The summed E-state index contributed by atoms with van der Waals surface area (Å²) >= 11 is 11.8. The van der Waals surface area contributed by atoms with Crippen molar-refractivity contribution in [2.45, 2.75) is 32.8 Å². The largest absolute Gasteiger partial charge is 0.481 e. The second-order valence-corrected chi connectivity index (χ2v) is 6.18. The Morgan fingerprint density at radius 1 is 1.40 bits per heavy atom. The molecule has 3 nitrogen and oxygen atoms in total. The van der Waals surface area contributed by atoms with Gasteiger partial charge in [0.25, 0.3) is 5.91 Å². The van der Waals surface area contributed by atoms with Crippen LogP contribution in [0.1, 0.15) is 26.7 Å². The van der Waals surface area contributed by atoms with Crippen LogP contribution >= 0.6 is 23.2 Å². The highest BCUT2D eigenvalue weighted by Gasteiger charge is 2.26. The van der Waals surface area contributed by atoms with Gasteiger partial charge in [-0.2, -0.15) is 0 Å². The van der Waals surface area contributed by atoms with Crippen molar-refractivity contribution in [2.24, 2.45) is 5.92 Å². The molecule has 0 aromatic heterocycles. The number of hydrogen-bond acceptors (Lipinski definition) is 2. The zero-order valence-corrected chi connectivity index (χ0v) is 13.2. The number of carbonyl (C=O) groups excluding carboxylic acids is 1. The zero-order valence-electron chi connectivity index (χ0n) is 11.7. The average molecular weight is 316 g/mol. The number of piperidine rings is 1. The van der Waals surface area contributed by atoms with Crippen molar-refractivity contribution in [3.63, 3.8) is 0 Å². The number of ether oxygens (including phenoxy) is 1. The molecule has 2 rings (SSSR count). The van der Waals surface area contributed by atoms with Crippen LogP contribution in [-0.4, -0.2) is 30.0 Å². The highest BCUT2D eigenvalue weighted by Crippen LogP contribution is 2.27. The molecular weight excluding hydrogens is 297 g/mol. The lowest BCUT2D eigenvalue weighted by atomic mass is 10.00. The van der Waals surface area contributed by atoms with E-state index in [0.29, 0.717) is 21.7 Å². The third-order valence-corrected chi connectivity index (χ3v) is 4.26. The lowest BCUT2D eigenvalue weighted by molar-refractivity contribution is -0.139.